The van der Waals surface area contributed by atoms with E-state index in [0.717, 1.165) is 43.3 Å². The van der Waals surface area contributed by atoms with Gasteiger partial charge >= 0.3 is 0 Å². The summed E-state index contributed by atoms with van der Waals surface area (Å²) in [5.74, 6) is 0.493. The quantitative estimate of drug-likeness (QED) is 0.760. The Hall–Kier alpha value is -1.82. The molecule has 3 rings (SSSR count). The number of hydrogen-bond donors (Lipinski definition) is 1. The lowest BCUT2D eigenvalue weighted by Crippen LogP contribution is -2.43. The van der Waals surface area contributed by atoms with E-state index in [1.54, 1.807) is 11.8 Å². The van der Waals surface area contributed by atoms with Crippen LogP contribution in [0.15, 0.2) is 59.5 Å². The van der Waals surface area contributed by atoms with Crippen LogP contribution in [0.1, 0.15) is 17.2 Å². The molecule has 138 valence electrons. The summed E-state index contributed by atoms with van der Waals surface area (Å²) in [4.78, 5) is 16.0. The van der Waals surface area contributed by atoms with Crippen molar-refractivity contribution in [3.63, 3.8) is 0 Å². The number of carbonyl (C=O) groups excluding carboxylic acids is 1. The Morgan fingerprint density at radius 1 is 1.12 bits per heavy atom. The molecule has 2 aromatic rings. The van der Waals surface area contributed by atoms with Gasteiger partial charge in [0.15, 0.2) is 0 Å². The molecule has 0 unspecified atom stereocenters. The highest BCUT2D eigenvalue weighted by molar-refractivity contribution is 8.00. The van der Waals surface area contributed by atoms with Gasteiger partial charge in [0, 0.05) is 24.5 Å². The lowest BCUT2D eigenvalue weighted by molar-refractivity contribution is -0.119. The van der Waals surface area contributed by atoms with Crippen LogP contribution in [-0.4, -0.2) is 49.4 Å². The molecule has 26 heavy (non-hydrogen) atoms. The Bertz CT molecular complexity index is 685. The molecule has 0 bridgehead atoms. The van der Waals surface area contributed by atoms with Crippen molar-refractivity contribution in [2.75, 3.05) is 38.6 Å². The third kappa shape index (κ3) is 5.87. The first kappa shape index (κ1) is 19.0. The van der Waals surface area contributed by atoms with Crippen LogP contribution in [-0.2, 0) is 9.53 Å². The summed E-state index contributed by atoms with van der Waals surface area (Å²) >= 11 is 1.57. The smallest absolute Gasteiger partial charge is 0.230 e. The normalized spacial score (nSPS) is 16.2. The molecule has 1 aliphatic heterocycles. The van der Waals surface area contributed by atoms with Crippen molar-refractivity contribution in [3.05, 3.63) is 65.7 Å². The van der Waals surface area contributed by atoms with Gasteiger partial charge in [0.05, 0.1) is 25.0 Å². The van der Waals surface area contributed by atoms with Crippen LogP contribution >= 0.6 is 11.8 Å². The number of nitrogens with zero attached hydrogens (tertiary/aromatic N) is 1. The molecule has 1 fully saturated rings. The maximum absolute atomic E-state index is 12.5. The van der Waals surface area contributed by atoms with Crippen molar-refractivity contribution < 1.29 is 9.53 Å². The first-order chi connectivity index (χ1) is 12.7. The van der Waals surface area contributed by atoms with Crippen LogP contribution in [0.3, 0.4) is 0 Å². The molecule has 4 nitrogen and oxygen atoms in total. The molecule has 1 atom stereocenters. The van der Waals surface area contributed by atoms with E-state index < -0.39 is 0 Å². The number of carbonyl (C=O) groups is 1. The summed E-state index contributed by atoms with van der Waals surface area (Å²) < 4.78 is 5.44. The molecule has 0 radical (unpaired) electrons. The van der Waals surface area contributed by atoms with Gasteiger partial charge in [-0.2, -0.15) is 0 Å². The van der Waals surface area contributed by atoms with Gasteiger partial charge in [-0.15, -0.1) is 11.8 Å². The second-order valence-corrected chi connectivity index (χ2v) is 7.59. The number of nitrogens with one attached hydrogen (secondary N) is 1. The van der Waals surface area contributed by atoms with Crippen LogP contribution in [0.25, 0.3) is 0 Å². The fraction of sp³-hybridized carbons (Fsp3) is 0.381. The molecule has 2 aromatic carbocycles. The minimum atomic E-state index is -0.00225. The van der Waals surface area contributed by atoms with Crippen molar-refractivity contribution in [2.45, 2.75) is 17.9 Å². The SMILES string of the molecule is Cc1ccc([C@@H](CN2CCOCC2)NC(=O)CSc2ccccc2)cc1. The molecule has 1 N–H and O–H groups in total. The predicted molar refractivity (Wildman–Crippen MR) is 106 cm³/mol. The standard InChI is InChI=1S/C21H26N2O2S/c1-17-7-9-18(10-8-17)20(15-23-11-13-25-14-12-23)22-21(24)16-26-19-5-3-2-4-6-19/h2-10,20H,11-16H2,1H3,(H,22,24)/t20-/m1/s1. The number of thioether (sulfide) groups is 1. The zero-order chi connectivity index (χ0) is 18.2. The number of aryl methyl sites for hydroxylation is 1. The van der Waals surface area contributed by atoms with Gasteiger partial charge in [0.2, 0.25) is 5.91 Å². The summed E-state index contributed by atoms with van der Waals surface area (Å²) in [6, 6.07) is 18.5. The lowest BCUT2D eigenvalue weighted by Gasteiger charge is -2.31. The van der Waals surface area contributed by atoms with Gasteiger partial charge in [-0.3, -0.25) is 9.69 Å². The van der Waals surface area contributed by atoms with Gasteiger partial charge in [-0.1, -0.05) is 48.0 Å². The Morgan fingerprint density at radius 3 is 2.50 bits per heavy atom. The molecular weight excluding hydrogens is 344 g/mol. The number of ether oxygens (including phenoxy) is 1. The third-order valence-corrected chi connectivity index (χ3v) is 5.48. The summed E-state index contributed by atoms with van der Waals surface area (Å²) in [5.41, 5.74) is 2.38. The fourth-order valence-corrected chi connectivity index (χ4v) is 3.71. The minimum absolute atomic E-state index is 0.00225. The van der Waals surface area contributed by atoms with E-state index in [9.17, 15) is 4.79 Å². The monoisotopic (exact) mass is 370 g/mol. The highest BCUT2D eigenvalue weighted by Gasteiger charge is 2.20. The number of amides is 1. The van der Waals surface area contributed by atoms with Crippen LogP contribution in [0.2, 0.25) is 0 Å². The summed E-state index contributed by atoms with van der Waals surface area (Å²) in [6.45, 7) is 6.24. The maximum atomic E-state index is 12.5. The highest BCUT2D eigenvalue weighted by Crippen LogP contribution is 2.19. The molecule has 0 saturated carbocycles. The molecule has 0 aromatic heterocycles. The van der Waals surface area contributed by atoms with E-state index in [1.165, 1.54) is 5.56 Å². The van der Waals surface area contributed by atoms with Gasteiger partial charge in [-0.05, 0) is 24.6 Å². The Balaban J connectivity index is 1.62. The lowest BCUT2D eigenvalue weighted by atomic mass is 10.0. The second kappa shape index (κ2) is 9.76. The topological polar surface area (TPSA) is 41.6 Å². The largest absolute Gasteiger partial charge is 0.379 e. The Morgan fingerprint density at radius 2 is 1.81 bits per heavy atom. The van der Waals surface area contributed by atoms with E-state index in [1.807, 2.05) is 30.3 Å². The van der Waals surface area contributed by atoms with Crippen molar-refractivity contribution >= 4 is 17.7 Å². The van der Waals surface area contributed by atoms with E-state index in [0.29, 0.717) is 5.75 Å². The van der Waals surface area contributed by atoms with Crippen LogP contribution < -0.4 is 5.32 Å². The number of morpholine rings is 1. The van der Waals surface area contributed by atoms with Gasteiger partial charge in [0.25, 0.3) is 0 Å². The third-order valence-electron chi connectivity index (χ3n) is 4.47. The molecule has 1 saturated heterocycles. The molecule has 0 spiro atoms. The molecule has 1 amide bonds. The highest BCUT2D eigenvalue weighted by atomic mass is 32.2. The van der Waals surface area contributed by atoms with Crippen LogP contribution in [0.5, 0.6) is 0 Å². The van der Waals surface area contributed by atoms with Crippen molar-refractivity contribution in [1.82, 2.24) is 10.2 Å². The van der Waals surface area contributed by atoms with Gasteiger partial charge in [0.1, 0.15) is 0 Å². The average Bonchev–Trinajstić information content (AvgIpc) is 2.68. The number of rotatable bonds is 7. The number of hydrogen-bond acceptors (Lipinski definition) is 4. The summed E-state index contributed by atoms with van der Waals surface area (Å²) in [5, 5.41) is 3.23. The van der Waals surface area contributed by atoms with Gasteiger partial charge < -0.3 is 10.1 Å². The first-order valence-corrected chi connectivity index (χ1v) is 10.0. The van der Waals surface area contributed by atoms with E-state index in [-0.39, 0.29) is 11.9 Å². The van der Waals surface area contributed by atoms with Crippen molar-refractivity contribution in [1.29, 1.82) is 0 Å². The van der Waals surface area contributed by atoms with Gasteiger partial charge in [-0.25, -0.2) is 0 Å². The molecular formula is C21H26N2O2S. The zero-order valence-corrected chi connectivity index (χ0v) is 16.0. The van der Waals surface area contributed by atoms with Crippen molar-refractivity contribution in [3.8, 4) is 0 Å². The zero-order valence-electron chi connectivity index (χ0n) is 15.2. The maximum Gasteiger partial charge on any atom is 0.230 e. The second-order valence-electron chi connectivity index (χ2n) is 6.55. The number of benzene rings is 2. The first-order valence-electron chi connectivity index (χ1n) is 9.04. The van der Waals surface area contributed by atoms with E-state index in [4.69, 9.17) is 4.74 Å². The summed E-state index contributed by atoms with van der Waals surface area (Å²) in [6.07, 6.45) is 0. The minimum Gasteiger partial charge on any atom is -0.379 e. The predicted octanol–water partition coefficient (Wildman–Crippen LogP) is 3.28. The molecule has 1 aliphatic rings. The van der Waals surface area contributed by atoms with Crippen molar-refractivity contribution in [2.24, 2.45) is 0 Å². The molecule has 1 heterocycles. The Labute approximate surface area is 159 Å². The van der Waals surface area contributed by atoms with Crippen LogP contribution in [0, 0.1) is 6.92 Å². The fourth-order valence-electron chi connectivity index (χ4n) is 2.98. The average molecular weight is 371 g/mol. The Kier molecular flexibility index (Phi) is 7.12. The summed E-state index contributed by atoms with van der Waals surface area (Å²) in [7, 11) is 0. The van der Waals surface area contributed by atoms with Crippen LogP contribution in [0.4, 0.5) is 0 Å². The molecule has 0 aliphatic carbocycles. The van der Waals surface area contributed by atoms with E-state index >= 15 is 0 Å². The van der Waals surface area contributed by atoms with E-state index in [2.05, 4.69) is 41.4 Å². The molecule has 5 heteroatoms.